The number of rotatable bonds is 4. The fourth-order valence-electron chi connectivity index (χ4n) is 3.37. The first-order chi connectivity index (χ1) is 15.0. The number of hydrogen-bond donors (Lipinski definition) is 0. The Balaban J connectivity index is 1.64. The Labute approximate surface area is 180 Å². The van der Waals surface area contributed by atoms with Crippen LogP contribution in [0.3, 0.4) is 0 Å². The van der Waals surface area contributed by atoms with Gasteiger partial charge in [0.2, 0.25) is 5.88 Å². The molecule has 0 amide bonds. The molecule has 0 atom stereocenters. The largest absolute Gasteiger partial charge is 0.480 e. The van der Waals surface area contributed by atoms with Crippen molar-refractivity contribution in [2.45, 2.75) is 0 Å². The van der Waals surface area contributed by atoms with Gasteiger partial charge in [0.25, 0.3) is 5.78 Å². The summed E-state index contributed by atoms with van der Waals surface area (Å²) in [6.45, 7) is 0. The molecule has 0 bridgehead atoms. The van der Waals surface area contributed by atoms with E-state index in [9.17, 15) is 4.39 Å². The standard InChI is InChI=1S/C21H15ClFN7O/c1-29(13-5-3-4-12(6-13)17-9-25-19(31-2)10-24-17)20-14-7-16(23)15(22)8-18(14)30-11-26-28-21(30)27-20/h3-11H,1-2H3. The van der Waals surface area contributed by atoms with Gasteiger partial charge in [0, 0.05) is 23.7 Å². The van der Waals surface area contributed by atoms with E-state index < -0.39 is 5.82 Å². The van der Waals surface area contributed by atoms with Crippen molar-refractivity contribution in [1.82, 2.24) is 29.5 Å². The molecule has 5 rings (SSSR count). The highest BCUT2D eigenvalue weighted by molar-refractivity contribution is 6.31. The number of halogens is 2. The molecule has 0 unspecified atom stereocenters. The highest BCUT2D eigenvalue weighted by Gasteiger charge is 2.17. The van der Waals surface area contributed by atoms with Crippen LogP contribution < -0.4 is 9.64 Å². The molecule has 3 aromatic heterocycles. The Hall–Kier alpha value is -3.85. The predicted molar refractivity (Wildman–Crippen MR) is 115 cm³/mol. The van der Waals surface area contributed by atoms with Gasteiger partial charge in [-0.3, -0.25) is 4.40 Å². The van der Waals surface area contributed by atoms with E-state index in [0.717, 1.165) is 11.3 Å². The van der Waals surface area contributed by atoms with Crippen molar-refractivity contribution < 1.29 is 9.13 Å². The maximum absolute atomic E-state index is 14.3. The lowest BCUT2D eigenvalue weighted by Gasteiger charge is -2.21. The van der Waals surface area contributed by atoms with E-state index in [1.807, 2.05) is 36.2 Å². The van der Waals surface area contributed by atoms with Crippen LogP contribution in [0.15, 0.2) is 55.1 Å². The van der Waals surface area contributed by atoms with Crippen LogP contribution in [0.5, 0.6) is 5.88 Å². The fourth-order valence-corrected chi connectivity index (χ4v) is 3.53. The number of hydrogen-bond acceptors (Lipinski definition) is 7. The van der Waals surface area contributed by atoms with Crippen molar-refractivity contribution in [1.29, 1.82) is 0 Å². The van der Waals surface area contributed by atoms with E-state index >= 15 is 0 Å². The van der Waals surface area contributed by atoms with Gasteiger partial charge in [-0.15, -0.1) is 10.2 Å². The van der Waals surface area contributed by atoms with Crippen LogP contribution in [0.4, 0.5) is 15.9 Å². The van der Waals surface area contributed by atoms with Crippen LogP contribution in [0.25, 0.3) is 27.9 Å². The molecule has 8 nitrogen and oxygen atoms in total. The third kappa shape index (κ3) is 3.28. The number of anilines is 2. The number of benzene rings is 2. The summed E-state index contributed by atoms with van der Waals surface area (Å²) in [6, 6.07) is 10.6. The van der Waals surface area contributed by atoms with Crippen molar-refractivity contribution in [3.8, 4) is 17.1 Å². The van der Waals surface area contributed by atoms with Crippen LogP contribution in [0.1, 0.15) is 0 Å². The first kappa shape index (κ1) is 19.1. The molecule has 0 fully saturated rings. The second-order valence-electron chi connectivity index (χ2n) is 6.77. The highest BCUT2D eigenvalue weighted by atomic mass is 35.5. The fraction of sp³-hybridized carbons (Fsp3) is 0.0952. The summed E-state index contributed by atoms with van der Waals surface area (Å²) in [5.41, 5.74) is 3.03. The molecule has 0 saturated heterocycles. The Morgan fingerprint density at radius 1 is 1.13 bits per heavy atom. The van der Waals surface area contributed by atoms with E-state index in [2.05, 4.69) is 25.1 Å². The summed E-state index contributed by atoms with van der Waals surface area (Å²) in [6.07, 6.45) is 4.73. The lowest BCUT2D eigenvalue weighted by atomic mass is 10.1. The molecule has 0 aliphatic heterocycles. The van der Waals surface area contributed by atoms with E-state index in [1.165, 1.54) is 12.4 Å². The van der Waals surface area contributed by atoms with Crippen LogP contribution in [0.2, 0.25) is 5.02 Å². The molecule has 0 saturated carbocycles. The normalized spacial score (nSPS) is 11.2. The average molecular weight is 436 g/mol. The maximum Gasteiger partial charge on any atom is 0.257 e. The zero-order valence-electron chi connectivity index (χ0n) is 16.5. The molecule has 10 heteroatoms. The summed E-state index contributed by atoms with van der Waals surface area (Å²) in [4.78, 5) is 15.0. The molecule has 0 aliphatic carbocycles. The number of nitrogens with zero attached hydrogens (tertiary/aromatic N) is 7. The first-order valence-corrected chi connectivity index (χ1v) is 9.61. The highest BCUT2D eigenvalue weighted by Crippen LogP contribution is 2.34. The second-order valence-corrected chi connectivity index (χ2v) is 7.18. The monoisotopic (exact) mass is 435 g/mol. The maximum atomic E-state index is 14.3. The summed E-state index contributed by atoms with van der Waals surface area (Å²) in [7, 11) is 3.39. The quantitative estimate of drug-likeness (QED) is 0.416. The third-order valence-electron chi connectivity index (χ3n) is 4.96. The molecule has 0 N–H and O–H groups in total. The van der Waals surface area contributed by atoms with Crippen molar-refractivity contribution in [2.75, 3.05) is 19.1 Å². The molecular formula is C21H15ClFN7O. The number of aromatic nitrogens is 6. The Morgan fingerprint density at radius 3 is 2.77 bits per heavy atom. The Kier molecular flexibility index (Phi) is 4.59. The van der Waals surface area contributed by atoms with Crippen LogP contribution >= 0.6 is 11.6 Å². The Bertz CT molecular complexity index is 1420. The van der Waals surface area contributed by atoms with E-state index in [4.69, 9.17) is 16.3 Å². The van der Waals surface area contributed by atoms with Gasteiger partial charge in [0.05, 0.1) is 35.7 Å². The smallest absolute Gasteiger partial charge is 0.257 e. The van der Waals surface area contributed by atoms with E-state index in [0.29, 0.717) is 34.1 Å². The molecule has 0 spiro atoms. The zero-order valence-corrected chi connectivity index (χ0v) is 17.2. The van der Waals surface area contributed by atoms with Crippen molar-refractivity contribution in [2.24, 2.45) is 0 Å². The van der Waals surface area contributed by atoms with E-state index in [1.54, 1.807) is 30.0 Å². The van der Waals surface area contributed by atoms with Gasteiger partial charge >= 0.3 is 0 Å². The van der Waals surface area contributed by atoms with Gasteiger partial charge in [0.1, 0.15) is 18.0 Å². The number of methoxy groups -OCH3 is 1. The van der Waals surface area contributed by atoms with Crippen LogP contribution in [-0.4, -0.2) is 43.7 Å². The van der Waals surface area contributed by atoms with Gasteiger partial charge in [-0.1, -0.05) is 23.7 Å². The van der Waals surface area contributed by atoms with Crippen molar-refractivity contribution >= 4 is 39.8 Å². The minimum atomic E-state index is -0.528. The molecule has 3 heterocycles. The second kappa shape index (κ2) is 7.44. The van der Waals surface area contributed by atoms with E-state index in [-0.39, 0.29) is 5.02 Å². The summed E-state index contributed by atoms with van der Waals surface area (Å²) in [5.74, 6) is 0.813. The molecule has 154 valence electrons. The lowest BCUT2D eigenvalue weighted by Crippen LogP contribution is -2.13. The van der Waals surface area contributed by atoms with Gasteiger partial charge < -0.3 is 9.64 Å². The predicted octanol–water partition coefficient (Wildman–Crippen LogP) is 4.30. The van der Waals surface area contributed by atoms with Gasteiger partial charge in [-0.05, 0) is 24.3 Å². The van der Waals surface area contributed by atoms with Crippen LogP contribution in [-0.2, 0) is 0 Å². The van der Waals surface area contributed by atoms with Crippen molar-refractivity contribution in [3.63, 3.8) is 0 Å². The molecule has 0 aliphatic rings. The van der Waals surface area contributed by atoms with Crippen molar-refractivity contribution in [3.05, 3.63) is 66.0 Å². The SMILES string of the molecule is COc1cnc(-c2cccc(N(C)c3nc4nncn4c4cc(Cl)c(F)cc34)c2)cn1. The Morgan fingerprint density at radius 2 is 2.00 bits per heavy atom. The zero-order chi connectivity index (χ0) is 21.5. The minimum Gasteiger partial charge on any atom is -0.480 e. The summed E-state index contributed by atoms with van der Waals surface area (Å²) < 4.78 is 21.1. The lowest BCUT2D eigenvalue weighted by molar-refractivity contribution is 0.396. The number of fused-ring (bicyclic) bond motifs is 3. The third-order valence-corrected chi connectivity index (χ3v) is 5.25. The molecule has 5 aromatic rings. The number of ether oxygens (including phenoxy) is 1. The molecular weight excluding hydrogens is 421 g/mol. The van der Waals surface area contributed by atoms with Gasteiger partial charge in [-0.2, -0.15) is 4.98 Å². The summed E-state index contributed by atoms with van der Waals surface area (Å²) >= 11 is 6.03. The summed E-state index contributed by atoms with van der Waals surface area (Å²) in [5, 5.41) is 8.55. The average Bonchev–Trinajstić information content (AvgIpc) is 3.28. The van der Waals surface area contributed by atoms with Gasteiger partial charge in [0.15, 0.2) is 0 Å². The van der Waals surface area contributed by atoms with Gasteiger partial charge in [-0.25, -0.2) is 14.4 Å². The minimum absolute atomic E-state index is 0.0161. The van der Waals surface area contributed by atoms with Crippen LogP contribution in [0, 0.1) is 5.82 Å². The topological polar surface area (TPSA) is 81.3 Å². The first-order valence-electron chi connectivity index (χ1n) is 9.24. The molecule has 0 radical (unpaired) electrons. The molecule has 31 heavy (non-hydrogen) atoms. The molecule has 2 aromatic carbocycles.